The molecule has 0 radical (unpaired) electrons. The van der Waals surface area contributed by atoms with Gasteiger partial charge in [-0.3, -0.25) is 0 Å². The van der Waals surface area contributed by atoms with Crippen molar-refractivity contribution in [2.24, 2.45) is 5.92 Å². The van der Waals surface area contributed by atoms with E-state index in [1.807, 2.05) is 13.8 Å². The van der Waals surface area contributed by atoms with E-state index in [-0.39, 0.29) is 18.0 Å². The Bertz CT molecular complexity index is 349. The summed E-state index contributed by atoms with van der Waals surface area (Å²) in [6, 6.07) is -0.658. The third kappa shape index (κ3) is 4.67. The second-order valence-electron chi connectivity index (χ2n) is 5.87. The third-order valence-corrected chi connectivity index (χ3v) is 4.31. The van der Waals surface area contributed by atoms with E-state index in [1.54, 1.807) is 0 Å². The number of piperidine rings is 1. The number of hydrogen-bond donors (Lipinski definition) is 3. The van der Waals surface area contributed by atoms with E-state index in [0.29, 0.717) is 12.5 Å². The molecule has 2 amide bonds. The van der Waals surface area contributed by atoms with Crippen molar-refractivity contribution in [2.75, 3.05) is 13.6 Å². The fourth-order valence-corrected chi connectivity index (χ4v) is 2.47. The summed E-state index contributed by atoms with van der Waals surface area (Å²) in [6.45, 7) is 6.82. The fourth-order valence-electron chi connectivity index (χ4n) is 2.47. The van der Waals surface area contributed by atoms with Crippen molar-refractivity contribution in [2.45, 2.75) is 58.2 Å². The lowest BCUT2D eigenvalue weighted by molar-refractivity contribution is -0.140. The van der Waals surface area contributed by atoms with E-state index < -0.39 is 12.0 Å². The first-order valence-electron chi connectivity index (χ1n) is 7.35. The monoisotopic (exact) mass is 285 g/mol. The molecule has 1 rings (SSSR count). The van der Waals surface area contributed by atoms with Crippen LogP contribution in [0.15, 0.2) is 0 Å². The normalized spacial score (nSPS) is 26.6. The maximum atomic E-state index is 11.9. The molecular formula is C14H27N3O3. The first-order valence-corrected chi connectivity index (χ1v) is 7.35. The number of nitrogens with zero attached hydrogens (tertiary/aromatic N) is 1. The molecule has 0 aromatic rings. The summed E-state index contributed by atoms with van der Waals surface area (Å²) < 4.78 is 0. The molecule has 116 valence electrons. The lowest BCUT2D eigenvalue weighted by Gasteiger charge is -2.35. The van der Waals surface area contributed by atoms with Crippen molar-refractivity contribution in [3.05, 3.63) is 0 Å². The van der Waals surface area contributed by atoms with Gasteiger partial charge in [-0.05, 0) is 32.7 Å². The summed E-state index contributed by atoms with van der Waals surface area (Å²) in [4.78, 5) is 25.4. The minimum absolute atomic E-state index is 0.0883. The quantitative estimate of drug-likeness (QED) is 0.710. The number of carbonyl (C=O) groups excluding carboxylic acids is 1. The molecule has 1 fully saturated rings. The highest BCUT2D eigenvalue weighted by Gasteiger charge is 2.28. The molecule has 0 saturated carbocycles. The van der Waals surface area contributed by atoms with E-state index in [4.69, 9.17) is 5.11 Å². The molecule has 1 saturated heterocycles. The number of aliphatic carboxylic acids is 1. The molecule has 0 aliphatic carbocycles. The molecule has 4 atom stereocenters. The van der Waals surface area contributed by atoms with Crippen LogP contribution in [0, 0.1) is 5.92 Å². The van der Waals surface area contributed by atoms with Crippen LogP contribution in [-0.2, 0) is 4.79 Å². The van der Waals surface area contributed by atoms with Crippen LogP contribution < -0.4 is 10.6 Å². The zero-order valence-electron chi connectivity index (χ0n) is 12.8. The summed E-state index contributed by atoms with van der Waals surface area (Å²) in [5.41, 5.74) is 0. The molecule has 6 heteroatoms. The molecule has 0 bridgehead atoms. The number of amides is 2. The molecule has 3 unspecified atom stereocenters. The third-order valence-electron chi connectivity index (χ3n) is 4.31. The molecule has 0 aromatic carbocycles. The van der Waals surface area contributed by atoms with Gasteiger partial charge in [0.2, 0.25) is 0 Å². The molecule has 1 aliphatic heterocycles. The minimum Gasteiger partial charge on any atom is -0.480 e. The topological polar surface area (TPSA) is 81.7 Å². The van der Waals surface area contributed by atoms with Crippen LogP contribution in [-0.4, -0.2) is 53.7 Å². The standard InChI is InChI=1S/C14H27N3O3/c1-5-9(2)12(13(18)19)16-14(20)15-11-6-7-17(4)10(3)8-11/h9-12H,5-8H2,1-4H3,(H,18,19)(H2,15,16,20)/t9?,10?,11?,12-/m0/s1. The lowest BCUT2D eigenvalue weighted by atomic mass is 9.98. The van der Waals surface area contributed by atoms with Gasteiger partial charge in [0.05, 0.1) is 0 Å². The number of urea groups is 1. The van der Waals surface area contributed by atoms with Crippen molar-refractivity contribution in [3.63, 3.8) is 0 Å². The van der Waals surface area contributed by atoms with Gasteiger partial charge in [-0.2, -0.15) is 0 Å². The van der Waals surface area contributed by atoms with Gasteiger partial charge < -0.3 is 20.6 Å². The van der Waals surface area contributed by atoms with Gasteiger partial charge >= 0.3 is 12.0 Å². The van der Waals surface area contributed by atoms with Crippen LogP contribution in [0.25, 0.3) is 0 Å². The SMILES string of the molecule is CCC(C)[C@H](NC(=O)NC1CCN(C)C(C)C1)C(=O)O. The van der Waals surface area contributed by atoms with E-state index in [0.717, 1.165) is 19.4 Å². The maximum absolute atomic E-state index is 11.9. The highest BCUT2D eigenvalue weighted by atomic mass is 16.4. The summed E-state index contributed by atoms with van der Waals surface area (Å²) >= 11 is 0. The molecular weight excluding hydrogens is 258 g/mol. The molecule has 1 heterocycles. The molecule has 20 heavy (non-hydrogen) atoms. The van der Waals surface area contributed by atoms with E-state index >= 15 is 0 Å². The number of likely N-dealkylation sites (tertiary alicyclic amines) is 1. The van der Waals surface area contributed by atoms with Gasteiger partial charge in [0.25, 0.3) is 0 Å². The number of nitrogens with one attached hydrogen (secondary N) is 2. The highest BCUT2D eigenvalue weighted by Crippen LogP contribution is 2.15. The average Bonchev–Trinajstić information content (AvgIpc) is 2.39. The number of hydrogen-bond acceptors (Lipinski definition) is 3. The second-order valence-corrected chi connectivity index (χ2v) is 5.87. The fraction of sp³-hybridized carbons (Fsp3) is 0.857. The van der Waals surface area contributed by atoms with Gasteiger partial charge in [-0.15, -0.1) is 0 Å². The van der Waals surface area contributed by atoms with Gasteiger partial charge in [0.1, 0.15) is 6.04 Å². The number of carboxylic acid groups (broad SMARTS) is 1. The lowest BCUT2D eigenvalue weighted by Crippen LogP contribution is -2.54. The van der Waals surface area contributed by atoms with Crippen molar-refractivity contribution < 1.29 is 14.7 Å². The summed E-state index contributed by atoms with van der Waals surface area (Å²) in [5, 5.41) is 14.6. The van der Waals surface area contributed by atoms with Gasteiger partial charge in [0.15, 0.2) is 0 Å². The Hall–Kier alpha value is -1.30. The van der Waals surface area contributed by atoms with Crippen LogP contribution in [0.4, 0.5) is 4.79 Å². The van der Waals surface area contributed by atoms with Gasteiger partial charge in [0, 0.05) is 18.6 Å². The van der Waals surface area contributed by atoms with Crippen molar-refractivity contribution in [1.82, 2.24) is 15.5 Å². The zero-order valence-corrected chi connectivity index (χ0v) is 12.8. The molecule has 3 N–H and O–H groups in total. The van der Waals surface area contributed by atoms with Crippen molar-refractivity contribution in [3.8, 4) is 0 Å². The molecule has 0 spiro atoms. The van der Waals surface area contributed by atoms with Crippen LogP contribution in [0.1, 0.15) is 40.0 Å². The smallest absolute Gasteiger partial charge is 0.326 e. The van der Waals surface area contributed by atoms with Gasteiger partial charge in [-0.1, -0.05) is 20.3 Å². The maximum Gasteiger partial charge on any atom is 0.326 e. The van der Waals surface area contributed by atoms with Crippen LogP contribution in [0.5, 0.6) is 0 Å². The molecule has 0 aromatic heterocycles. The van der Waals surface area contributed by atoms with Crippen LogP contribution >= 0.6 is 0 Å². The largest absolute Gasteiger partial charge is 0.480 e. The van der Waals surface area contributed by atoms with E-state index in [2.05, 4.69) is 29.5 Å². The number of carbonyl (C=O) groups is 2. The Balaban J connectivity index is 2.48. The van der Waals surface area contributed by atoms with E-state index in [1.165, 1.54) is 0 Å². The number of carboxylic acids is 1. The molecule has 6 nitrogen and oxygen atoms in total. The Labute approximate surface area is 120 Å². The molecule has 1 aliphatic rings. The first-order chi connectivity index (χ1) is 9.35. The van der Waals surface area contributed by atoms with Crippen LogP contribution in [0.3, 0.4) is 0 Å². The Morgan fingerprint density at radius 2 is 2.10 bits per heavy atom. The summed E-state index contributed by atoms with van der Waals surface area (Å²) in [6.07, 6.45) is 2.50. The Morgan fingerprint density at radius 1 is 1.45 bits per heavy atom. The highest BCUT2D eigenvalue weighted by molar-refractivity contribution is 5.82. The first kappa shape index (κ1) is 16.8. The predicted octanol–water partition coefficient (Wildman–Crippen LogP) is 1.27. The number of rotatable bonds is 5. The minimum atomic E-state index is -0.980. The average molecular weight is 285 g/mol. The van der Waals surface area contributed by atoms with Crippen molar-refractivity contribution in [1.29, 1.82) is 0 Å². The van der Waals surface area contributed by atoms with Crippen molar-refractivity contribution >= 4 is 12.0 Å². The van der Waals surface area contributed by atoms with Gasteiger partial charge in [-0.25, -0.2) is 9.59 Å². The Morgan fingerprint density at radius 3 is 2.60 bits per heavy atom. The summed E-state index contributed by atoms with van der Waals surface area (Å²) in [5.74, 6) is -1.07. The predicted molar refractivity (Wildman–Crippen MR) is 77.7 cm³/mol. The zero-order chi connectivity index (χ0) is 15.3. The summed E-state index contributed by atoms with van der Waals surface area (Å²) in [7, 11) is 2.07. The van der Waals surface area contributed by atoms with Crippen LogP contribution in [0.2, 0.25) is 0 Å². The Kier molecular flexibility index (Phi) is 6.26. The van der Waals surface area contributed by atoms with E-state index in [9.17, 15) is 9.59 Å². The second kappa shape index (κ2) is 7.47.